The molecule has 1 amide bonds. The third kappa shape index (κ3) is 3.13. The molecule has 5 nitrogen and oxygen atoms in total. The lowest BCUT2D eigenvalue weighted by Gasteiger charge is -2.24. The fourth-order valence-electron chi connectivity index (χ4n) is 3.87. The summed E-state index contributed by atoms with van der Waals surface area (Å²) < 4.78 is 5.40. The number of aromatic nitrogens is 1. The van der Waals surface area contributed by atoms with Crippen LogP contribution < -0.4 is 4.90 Å². The van der Waals surface area contributed by atoms with Crippen molar-refractivity contribution in [2.45, 2.75) is 38.6 Å². The van der Waals surface area contributed by atoms with Crippen LogP contribution in [0.5, 0.6) is 0 Å². The first-order chi connectivity index (χ1) is 12.1. The van der Waals surface area contributed by atoms with Crippen LogP contribution in [0.4, 0.5) is 5.69 Å². The van der Waals surface area contributed by atoms with Crippen molar-refractivity contribution < 1.29 is 9.32 Å². The maximum absolute atomic E-state index is 13.0. The number of hydrogen-bond donors (Lipinski definition) is 0. The van der Waals surface area contributed by atoms with Crippen molar-refractivity contribution in [1.82, 2.24) is 10.1 Å². The average molecular weight is 360 g/mol. The highest BCUT2D eigenvalue weighted by molar-refractivity contribution is 6.33. The topological polar surface area (TPSA) is 49.6 Å². The lowest BCUT2D eigenvalue weighted by molar-refractivity contribution is 0.0714. The SMILES string of the molecule is Cc1cc(C2CCCN2C(=O)c2ccc(N3CCCC3)c(Cl)c2)on1. The minimum Gasteiger partial charge on any atom is -0.370 e. The summed E-state index contributed by atoms with van der Waals surface area (Å²) in [6.07, 6.45) is 4.27. The number of hydrogen-bond acceptors (Lipinski definition) is 4. The van der Waals surface area contributed by atoms with Crippen LogP contribution in [0.1, 0.15) is 53.5 Å². The van der Waals surface area contributed by atoms with Crippen LogP contribution in [0, 0.1) is 6.92 Å². The Bertz CT molecular complexity index is 783. The normalized spacial score (nSPS) is 20.5. The Balaban J connectivity index is 1.56. The fraction of sp³-hybridized carbons (Fsp3) is 0.474. The molecule has 3 heterocycles. The number of carbonyl (C=O) groups excluding carboxylic acids is 1. The quantitative estimate of drug-likeness (QED) is 0.823. The van der Waals surface area contributed by atoms with Crippen LogP contribution >= 0.6 is 11.6 Å². The molecule has 4 rings (SSSR count). The zero-order valence-corrected chi connectivity index (χ0v) is 15.1. The van der Waals surface area contributed by atoms with Crippen LogP contribution in [0.3, 0.4) is 0 Å². The van der Waals surface area contributed by atoms with Crippen LogP contribution in [-0.2, 0) is 0 Å². The third-order valence-electron chi connectivity index (χ3n) is 5.13. The second-order valence-electron chi connectivity index (χ2n) is 6.89. The number of nitrogens with zero attached hydrogens (tertiary/aromatic N) is 3. The molecule has 2 fully saturated rings. The highest BCUT2D eigenvalue weighted by atomic mass is 35.5. The summed E-state index contributed by atoms with van der Waals surface area (Å²) in [7, 11) is 0. The number of rotatable bonds is 3. The molecule has 0 radical (unpaired) electrons. The lowest BCUT2D eigenvalue weighted by Crippen LogP contribution is -2.30. The molecule has 2 saturated heterocycles. The van der Waals surface area contributed by atoms with Crippen LogP contribution in [0.15, 0.2) is 28.8 Å². The summed E-state index contributed by atoms with van der Waals surface area (Å²) in [5.41, 5.74) is 2.50. The van der Waals surface area contributed by atoms with Crippen molar-refractivity contribution in [3.05, 3.63) is 46.3 Å². The number of carbonyl (C=O) groups is 1. The van der Waals surface area contributed by atoms with E-state index in [1.165, 1.54) is 12.8 Å². The molecule has 1 aromatic heterocycles. The van der Waals surface area contributed by atoms with Gasteiger partial charge in [-0.05, 0) is 50.8 Å². The Labute approximate surface area is 152 Å². The van der Waals surface area contributed by atoms with Gasteiger partial charge < -0.3 is 14.3 Å². The summed E-state index contributed by atoms with van der Waals surface area (Å²) in [5, 5.41) is 4.61. The maximum Gasteiger partial charge on any atom is 0.254 e. The van der Waals surface area contributed by atoms with E-state index >= 15 is 0 Å². The van der Waals surface area contributed by atoms with E-state index in [1.807, 2.05) is 30.0 Å². The van der Waals surface area contributed by atoms with Crippen LogP contribution in [-0.4, -0.2) is 35.6 Å². The molecule has 2 aromatic rings. The van der Waals surface area contributed by atoms with Crippen molar-refractivity contribution in [2.75, 3.05) is 24.5 Å². The molecule has 6 heteroatoms. The standard InChI is InChI=1S/C19H22ClN3O2/c1-13-11-18(25-21-13)17-5-4-10-23(17)19(24)14-6-7-16(15(20)12-14)22-8-2-3-9-22/h6-7,11-12,17H,2-5,8-10H2,1H3. The zero-order valence-electron chi connectivity index (χ0n) is 14.4. The Kier molecular flexibility index (Phi) is 4.42. The summed E-state index contributed by atoms with van der Waals surface area (Å²) >= 11 is 6.48. The summed E-state index contributed by atoms with van der Waals surface area (Å²) in [6, 6.07) is 7.55. The molecular weight excluding hydrogens is 338 g/mol. The number of halogens is 1. The van der Waals surface area contributed by atoms with Gasteiger partial charge in [0, 0.05) is 31.3 Å². The van der Waals surface area contributed by atoms with E-state index in [1.54, 1.807) is 6.07 Å². The van der Waals surface area contributed by atoms with Crippen LogP contribution in [0.25, 0.3) is 0 Å². The molecule has 1 atom stereocenters. The summed E-state index contributed by atoms with van der Waals surface area (Å²) in [4.78, 5) is 17.2. The number of amides is 1. The summed E-state index contributed by atoms with van der Waals surface area (Å²) in [5.74, 6) is 0.773. The van der Waals surface area contributed by atoms with Crippen molar-refractivity contribution in [1.29, 1.82) is 0 Å². The zero-order chi connectivity index (χ0) is 17.4. The van der Waals surface area contributed by atoms with Gasteiger partial charge in [0.25, 0.3) is 5.91 Å². The first-order valence-corrected chi connectivity index (χ1v) is 9.30. The number of benzene rings is 1. The van der Waals surface area contributed by atoms with Gasteiger partial charge in [0.2, 0.25) is 0 Å². The van der Waals surface area contributed by atoms with E-state index in [2.05, 4.69) is 10.1 Å². The van der Waals surface area contributed by atoms with Crippen molar-refractivity contribution in [3.63, 3.8) is 0 Å². The maximum atomic E-state index is 13.0. The minimum atomic E-state index is -0.0364. The highest BCUT2D eigenvalue weighted by Gasteiger charge is 2.33. The van der Waals surface area contributed by atoms with Gasteiger partial charge in [-0.2, -0.15) is 0 Å². The van der Waals surface area contributed by atoms with Gasteiger partial charge in [-0.3, -0.25) is 4.79 Å². The molecule has 0 saturated carbocycles. The lowest BCUT2D eigenvalue weighted by atomic mass is 10.1. The highest BCUT2D eigenvalue weighted by Crippen LogP contribution is 2.35. The number of anilines is 1. The molecule has 1 unspecified atom stereocenters. The molecular formula is C19H22ClN3O2. The summed E-state index contributed by atoms with van der Waals surface area (Å²) in [6.45, 7) is 4.69. The Morgan fingerprint density at radius 2 is 2.00 bits per heavy atom. The molecule has 0 spiro atoms. The van der Waals surface area contributed by atoms with E-state index in [9.17, 15) is 4.79 Å². The van der Waals surface area contributed by atoms with Crippen molar-refractivity contribution in [2.24, 2.45) is 0 Å². The van der Waals surface area contributed by atoms with E-state index in [0.29, 0.717) is 10.6 Å². The Hall–Kier alpha value is -2.01. The van der Waals surface area contributed by atoms with Gasteiger partial charge >= 0.3 is 0 Å². The largest absolute Gasteiger partial charge is 0.370 e. The molecule has 25 heavy (non-hydrogen) atoms. The van der Waals surface area contributed by atoms with Gasteiger partial charge in [-0.15, -0.1) is 0 Å². The second-order valence-corrected chi connectivity index (χ2v) is 7.29. The monoisotopic (exact) mass is 359 g/mol. The van der Waals surface area contributed by atoms with Gasteiger partial charge in [0.05, 0.1) is 22.4 Å². The van der Waals surface area contributed by atoms with Crippen LogP contribution in [0.2, 0.25) is 5.02 Å². The molecule has 0 aliphatic carbocycles. The van der Waals surface area contributed by atoms with Gasteiger partial charge in [0.1, 0.15) is 0 Å². The molecule has 0 bridgehead atoms. The third-order valence-corrected chi connectivity index (χ3v) is 5.43. The molecule has 0 N–H and O–H groups in total. The predicted molar refractivity (Wildman–Crippen MR) is 97.2 cm³/mol. The van der Waals surface area contributed by atoms with E-state index in [-0.39, 0.29) is 11.9 Å². The smallest absolute Gasteiger partial charge is 0.254 e. The second kappa shape index (κ2) is 6.71. The Morgan fingerprint density at radius 3 is 2.68 bits per heavy atom. The first kappa shape index (κ1) is 16.5. The van der Waals surface area contributed by atoms with Crippen molar-refractivity contribution in [3.8, 4) is 0 Å². The minimum absolute atomic E-state index is 0.00595. The van der Waals surface area contributed by atoms with E-state index in [4.69, 9.17) is 16.1 Å². The van der Waals surface area contributed by atoms with Gasteiger partial charge in [-0.1, -0.05) is 16.8 Å². The molecule has 132 valence electrons. The molecule has 2 aliphatic heterocycles. The Morgan fingerprint density at radius 1 is 1.20 bits per heavy atom. The number of likely N-dealkylation sites (tertiary alicyclic amines) is 1. The van der Waals surface area contributed by atoms with Gasteiger partial charge in [0.15, 0.2) is 5.76 Å². The van der Waals surface area contributed by atoms with Crippen molar-refractivity contribution >= 4 is 23.2 Å². The average Bonchev–Trinajstić information content (AvgIpc) is 3.35. The number of aryl methyl sites for hydroxylation is 1. The first-order valence-electron chi connectivity index (χ1n) is 8.92. The fourth-order valence-corrected chi connectivity index (χ4v) is 4.17. The molecule has 1 aromatic carbocycles. The van der Waals surface area contributed by atoms with E-state index < -0.39 is 0 Å². The predicted octanol–water partition coefficient (Wildman–Crippen LogP) is 4.21. The van der Waals surface area contributed by atoms with E-state index in [0.717, 1.165) is 49.6 Å². The molecule has 2 aliphatic rings. The van der Waals surface area contributed by atoms with Gasteiger partial charge in [-0.25, -0.2) is 0 Å².